The molecule has 0 saturated carbocycles. The largest absolute Gasteiger partial charge is 0.361 e. The summed E-state index contributed by atoms with van der Waals surface area (Å²) < 4.78 is 1.11. The van der Waals surface area contributed by atoms with Crippen molar-refractivity contribution in [2.75, 3.05) is 38.1 Å². The fourth-order valence-electron chi connectivity index (χ4n) is 3.30. The van der Waals surface area contributed by atoms with E-state index in [2.05, 4.69) is 67.1 Å². The molecule has 1 fully saturated rings. The molecule has 0 spiro atoms. The number of benzene rings is 1. The van der Waals surface area contributed by atoms with Gasteiger partial charge in [0.05, 0.1) is 0 Å². The molecule has 1 aromatic carbocycles. The minimum absolute atomic E-state index is 0.868. The van der Waals surface area contributed by atoms with Crippen LogP contribution in [0.5, 0.6) is 0 Å². The van der Waals surface area contributed by atoms with E-state index < -0.39 is 0 Å². The Kier molecular flexibility index (Phi) is 4.72. The zero-order valence-corrected chi connectivity index (χ0v) is 16.0. The Labute approximate surface area is 156 Å². The molecule has 2 aromatic heterocycles. The first-order chi connectivity index (χ1) is 12.2. The lowest BCUT2D eigenvalue weighted by Crippen LogP contribution is -2.45. The third-order valence-electron chi connectivity index (χ3n) is 4.87. The zero-order chi connectivity index (χ0) is 17.2. The number of piperazine rings is 1. The second kappa shape index (κ2) is 7.14. The quantitative estimate of drug-likeness (QED) is 0.731. The van der Waals surface area contributed by atoms with Gasteiger partial charge >= 0.3 is 0 Å². The monoisotopic (exact) mass is 399 g/mol. The van der Waals surface area contributed by atoms with E-state index in [1.807, 2.05) is 12.3 Å². The molecule has 0 amide bonds. The number of hydrogen-bond donors (Lipinski definition) is 1. The summed E-state index contributed by atoms with van der Waals surface area (Å²) in [6, 6.07) is 8.38. The third kappa shape index (κ3) is 3.70. The van der Waals surface area contributed by atoms with Gasteiger partial charge in [0.15, 0.2) is 0 Å². The maximum absolute atomic E-state index is 4.80. The van der Waals surface area contributed by atoms with Gasteiger partial charge in [-0.1, -0.05) is 15.9 Å². The highest BCUT2D eigenvalue weighted by atomic mass is 79.9. The van der Waals surface area contributed by atoms with E-state index in [0.29, 0.717) is 0 Å². The van der Waals surface area contributed by atoms with Crippen molar-refractivity contribution in [2.24, 2.45) is 0 Å². The van der Waals surface area contributed by atoms with Gasteiger partial charge < -0.3 is 14.8 Å². The van der Waals surface area contributed by atoms with Crippen LogP contribution in [0, 0.1) is 0 Å². The Morgan fingerprint density at radius 3 is 2.80 bits per heavy atom. The SMILES string of the molecule is CN1CCN(c2nccc(CCc3c[nH]c4ccc(Br)cc34)n2)CC1. The van der Waals surface area contributed by atoms with Gasteiger partial charge in [-0.15, -0.1) is 0 Å². The number of fused-ring (bicyclic) bond motifs is 1. The van der Waals surface area contributed by atoms with Crippen molar-refractivity contribution in [3.8, 4) is 0 Å². The van der Waals surface area contributed by atoms with Crippen molar-refractivity contribution in [3.63, 3.8) is 0 Å². The zero-order valence-electron chi connectivity index (χ0n) is 14.4. The standard InChI is InChI=1S/C19H22BrN5/c1-24-8-10-25(11-9-24)19-21-7-6-16(23-19)4-2-14-13-22-18-5-3-15(20)12-17(14)18/h3,5-7,12-13,22H,2,4,8-11H2,1H3. The molecular formula is C19H22BrN5. The lowest BCUT2D eigenvalue weighted by atomic mass is 10.1. The average molecular weight is 400 g/mol. The van der Waals surface area contributed by atoms with E-state index >= 15 is 0 Å². The number of aromatic nitrogens is 3. The van der Waals surface area contributed by atoms with Crippen LogP contribution in [0.25, 0.3) is 10.9 Å². The van der Waals surface area contributed by atoms with Gasteiger partial charge in [0.1, 0.15) is 0 Å². The Morgan fingerprint density at radius 2 is 1.96 bits per heavy atom. The summed E-state index contributed by atoms with van der Waals surface area (Å²) in [7, 11) is 2.16. The second-order valence-corrected chi connectivity index (χ2v) is 7.56. The lowest BCUT2D eigenvalue weighted by molar-refractivity contribution is 0.311. The number of anilines is 1. The number of halogens is 1. The minimum atomic E-state index is 0.868. The first-order valence-electron chi connectivity index (χ1n) is 8.70. The molecule has 3 aromatic rings. The highest BCUT2D eigenvalue weighted by molar-refractivity contribution is 9.10. The fraction of sp³-hybridized carbons (Fsp3) is 0.368. The average Bonchev–Trinajstić information content (AvgIpc) is 3.03. The van der Waals surface area contributed by atoms with Crippen molar-refractivity contribution in [1.29, 1.82) is 0 Å². The Bertz CT molecular complexity index is 867. The predicted molar refractivity (Wildman–Crippen MR) is 105 cm³/mol. The number of rotatable bonds is 4. The highest BCUT2D eigenvalue weighted by Crippen LogP contribution is 2.24. The minimum Gasteiger partial charge on any atom is -0.361 e. The van der Waals surface area contributed by atoms with Gasteiger partial charge in [-0.05, 0) is 49.7 Å². The predicted octanol–water partition coefficient (Wildman–Crippen LogP) is 3.26. The van der Waals surface area contributed by atoms with Crippen LogP contribution < -0.4 is 4.90 Å². The Balaban J connectivity index is 1.47. The van der Waals surface area contributed by atoms with Gasteiger partial charge in [-0.25, -0.2) is 9.97 Å². The molecule has 4 rings (SSSR count). The maximum atomic E-state index is 4.80. The molecular weight excluding hydrogens is 378 g/mol. The molecule has 0 bridgehead atoms. The summed E-state index contributed by atoms with van der Waals surface area (Å²) in [4.78, 5) is 17.3. The lowest BCUT2D eigenvalue weighted by Gasteiger charge is -2.32. The normalized spacial score (nSPS) is 15.8. The van der Waals surface area contributed by atoms with Crippen LogP contribution in [0.3, 0.4) is 0 Å². The van der Waals surface area contributed by atoms with Crippen molar-refractivity contribution in [3.05, 3.63) is 52.4 Å². The summed E-state index contributed by atoms with van der Waals surface area (Å²) in [5.41, 5.74) is 3.61. The molecule has 6 heteroatoms. The van der Waals surface area contributed by atoms with Crippen LogP contribution >= 0.6 is 15.9 Å². The van der Waals surface area contributed by atoms with Crippen LogP contribution in [0.1, 0.15) is 11.3 Å². The number of aryl methyl sites for hydroxylation is 2. The van der Waals surface area contributed by atoms with Crippen molar-refractivity contribution >= 4 is 32.8 Å². The first-order valence-corrected chi connectivity index (χ1v) is 9.49. The molecule has 1 saturated heterocycles. The van der Waals surface area contributed by atoms with Crippen LogP contribution in [-0.4, -0.2) is 53.1 Å². The number of likely N-dealkylation sites (N-methyl/N-ethyl adjacent to an activating group) is 1. The number of nitrogens with zero attached hydrogens (tertiary/aromatic N) is 4. The number of aromatic amines is 1. The molecule has 0 unspecified atom stereocenters. The van der Waals surface area contributed by atoms with Crippen LogP contribution in [0.2, 0.25) is 0 Å². The summed E-state index contributed by atoms with van der Waals surface area (Å²) in [6.07, 6.45) is 5.89. The molecule has 0 radical (unpaired) electrons. The van der Waals surface area contributed by atoms with Crippen LogP contribution in [0.4, 0.5) is 5.95 Å². The molecule has 3 heterocycles. The second-order valence-electron chi connectivity index (χ2n) is 6.64. The number of H-pyrrole nitrogens is 1. The smallest absolute Gasteiger partial charge is 0.225 e. The summed E-state index contributed by atoms with van der Waals surface area (Å²) in [5.74, 6) is 0.868. The van der Waals surface area contributed by atoms with E-state index in [9.17, 15) is 0 Å². The Morgan fingerprint density at radius 1 is 1.12 bits per heavy atom. The van der Waals surface area contributed by atoms with E-state index in [0.717, 1.165) is 55.1 Å². The van der Waals surface area contributed by atoms with E-state index in [-0.39, 0.29) is 0 Å². The number of hydrogen-bond acceptors (Lipinski definition) is 4. The molecule has 25 heavy (non-hydrogen) atoms. The molecule has 1 aliphatic rings. The first kappa shape index (κ1) is 16.5. The van der Waals surface area contributed by atoms with Crippen molar-refractivity contribution < 1.29 is 0 Å². The van der Waals surface area contributed by atoms with Gasteiger partial charge in [0.2, 0.25) is 5.95 Å². The highest BCUT2D eigenvalue weighted by Gasteiger charge is 2.16. The van der Waals surface area contributed by atoms with Gasteiger partial charge in [-0.3, -0.25) is 0 Å². The molecule has 1 N–H and O–H groups in total. The van der Waals surface area contributed by atoms with Gasteiger partial charge in [0, 0.05) is 59.6 Å². The Hall–Kier alpha value is -1.92. The molecule has 1 aliphatic heterocycles. The van der Waals surface area contributed by atoms with Gasteiger partial charge in [-0.2, -0.15) is 0 Å². The topological polar surface area (TPSA) is 48.0 Å². The summed E-state index contributed by atoms with van der Waals surface area (Å²) >= 11 is 3.56. The van der Waals surface area contributed by atoms with Crippen molar-refractivity contribution in [1.82, 2.24) is 19.9 Å². The van der Waals surface area contributed by atoms with Gasteiger partial charge in [0.25, 0.3) is 0 Å². The molecule has 0 atom stereocenters. The molecule has 0 aliphatic carbocycles. The van der Waals surface area contributed by atoms with E-state index in [1.54, 1.807) is 0 Å². The van der Waals surface area contributed by atoms with Crippen LogP contribution in [-0.2, 0) is 12.8 Å². The van der Waals surface area contributed by atoms with Crippen LogP contribution in [0.15, 0.2) is 41.1 Å². The van der Waals surface area contributed by atoms with E-state index in [1.165, 1.54) is 16.5 Å². The van der Waals surface area contributed by atoms with Crippen molar-refractivity contribution in [2.45, 2.75) is 12.8 Å². The maximum Gasteiger partial charge on any atom is 0.225 e. The number of nitrogens with one attached hydrogen (secondary N) is 1. The molecule has 130 valence electrons. The molecule has 5 nitrogen and oxygen atoms in total. The summed E-state index contributed by atoms with van der Waals surface area (Å²) in [6.45, 7) is 4.13. The summed E-state index contributed by atoms with van der Waals surface area (Å²) in [5, 5.41) is 1.28. The van der Waals surface area contributed by atoms with E-state index in [4.69, 9.17) is 4.98 Å². The third-order valence-corrected chi connectivity index (χ3v) is 5.36. The fourth-order valence-corrected chi connectivity index (χ4v) is 3.66.